The van der Waals surface area contributed by atoms with Gasteiger partial charge in [-0.05, 0) is 12.8 Å². The summed E-state index contributed by atoms with van der Waals surface area (Å²) in [6.45, 7) is 3.68. The van der Waals surface area contributed by atoms with Gasteiger partial charge in [0.15, 0.2) is 0 Å². The van der Waals surface area contributed by atoms with Crippen LogP contribution in [0.15, 0.2) is 12.2 Å². The summed E-state index contributed by atoms with van der Waals surface area (Å²) in [5.41, 5.74) is 0.808. The first-order valence-electron chi connectivity index (χ1n) is 4.03. The molecule has 0 unspecified atom stereocenters. The van der Waals surface area contributed by atoms with Crippen LogP contribution in [0, 0.1) is 11.8 Å². The molecule has 1 aliphatic rings. The lowest BCUT2D eigenvalue weighted by atomic mass is 9.97. The molecule has 4 nitrogen and oxygen atoms in total. The Morgan fingerprint density at radius 3 is 2.46 bits per heavy atom. The van der Waals surface area contributed by atoms with Crippen LogP contribution in [-0.4, -0.2) is 24.2 Å². The first-order valence-corrected chi connectivity index (χ1v) is 4.03. The molecular formula is C9H12O4. The van der Waals surface area contributed by atoms with Crippen molar-refractivity contribution in [2.75, 3.05) is 7.11 Å². The summed E-state index contributed by atoms with van der Waals surface area (Å²) in [6.07, 6.45) is 0.818. The number of carbonyl (C=O) groups excluding carboxylic acids is 1. The second-order valence-electron chi connectivity index (χ2n) is 3.23. The van der Waals surface area contributed by atoms with Gasteiger partial charge in [0, 0.05) is 0 Å². The zero-order valence-electron chi connectivity index (χ0n) is 7.45. The van der Waals surface area contributed by atoms with Crippen LogP contribution in [0.25, 0.3) is 0 Å². The number of carbonyl (C=O) groups is 2. The maximum atomic E-state index is 11.1. The molecule has 1 aliphatic carbocycles. The molecule has 1 rings (SSSR count). The first kappa shape index (κ1) is 9.77. The summed E-state index contributed by atoms with van der Waals surface area (Å²) < 4.78 is 4.52. The average Bonchev–Trinajstić information content (AvgIpc) is 2.46. The number of hydrogen-bond acceptors (Lipinski definition) is 3. The Morgan fingerprint density at radius 1 is 1.46 bits per heavy atom. The van der Waals surface area contributed by atoms with Gasteiger partial charge < -0.3 is 9.84 Å². The summed E-state index contributed by atoms with van der Waals surface area (Å²) in [7, 11) is 1.27. The van der Waals surface area contributed by atoms with Gasteiger partial charge in [-0.2, -0.15) is 0 Å². The minimum atomic E-state index is -0.950. The van der Waals surface area contributed by atoms with Crippen LogP contribution in [0.3, 0.4) is 0 Å². The molecule has 0 amide bonds. The van der Waals surface area contributed by atoms with Crippen molar-refractivity contribution in [1.29, 1.82) is 0 Å². The SMILES string of the molecule is C=C1C[C@H](C(=O)O)[C@H](C(=O)OC)C1. The number of carboxylic acid groups (broad SMARTS) is 1. The number of rotatable bonds is 2. The smallest absolute Gasteiger partial charge is 0.309 e. The Kier molecular flexibility index (Phi) is 2.70. The zero-order chi connectivity index (χ0) is 10.0. The van der Waals surface area contributed by atoms with Crippen molar-refractivity contribution in [2.45, 2.75) is 12.8 Å². The Morgan fingerprint density at radius 2 is 2.00 bits per heavy atom. The third-order valence-electron chi connectivity index (χ3n) is 2.32. The standard InChI is InChI=1S/C9H12O4/c1-5-3-6(8(10)11)7(4-5)9(12)13-2/h6-7H,1,3-4H2,2H3,(H,10,11)/t6-,7+/m0/s1. The Balaban J connectivity index is 2.77. The summed E-state index contributed by atoms with van der Waals surface area (Å²) in [5.74, 6) is -2.60. The highest BCUT2D eigenvalue weighted by atomic mass is 16.5. The van der Waals surface area contributed by atoms with E-state index in [1.165, 1.54) is 7.11 Å². The number of aliphatic carboxylic acids is 1. The summed E-state index contributed by atoms with van der Waals surface area (Å²) in [5, 5.41) is 8.80. The predicted octanol–water partition coefficient (Wildman–Crippen LogP) is 0.826. The van der Waals surface area contributed by atoms with Gasteiger partial charge >= 0.3 is 11.9 Å². The Bertz CT molecular complexity index is 256. The van der Waals surface area contributed by atoms with Gasteiger partial charge in [0.25, 0.3) is 0 Å². The molecule has 1 N–H and O–H groups in total. The summed E-state index contributed by atoms with van der Waals surface area (Å²) in [6, 6.07) is 0. The number of esters is 1. The van der Waals surface area contributed by atoms with E-state index in [4.69, 9.17) is 5.11 Å². The maximum Gasteiger partial charge on any atom is 0.309 e. The molecule has 0 aliphatic heterocycles. The second-order valence-corrected chi connectivity index (χ2v) is 3.23. The minimum absolute atomic E-state index is 0.384. The van der Waals surface area contributed by atoms with E-state index in [1.807, 2.05) is 0 Å². The summed E-state index contributed by atoms with van der Waals surface area (Å²) >= 11 is 0. The van der Waals surface area contributed by atoms with Gasteiger partial charge in [0.2, 0.25) is 0 Å². The maximum absolute atomic E-state index is 11.1. The highest BCUT2D eigenvalue weighted by Gasteiger charge is 2.40. The molecular weight excluding hydrogens is 172 g/mol. The molecule has 72 valence electrons. The number of ether oxygens (including phenoxy) is 1. The number of carboxylic acids is 1. The van der Waals surface area contributed by atoms with Crippen molar-refractivity contribution in [3.8, 4) is 0 Å². The molecule has 13 heavy (non-hydrogen) atoms. The molecule has 1 fully saturated rings. The number of allylic oxidation sites excluding steroid dienone is 1. The van der Waals surface area contributed by atoms with Crippen molar-refractivity contribution in [3.05, 3.63) is 12.2 Å². The monoisotopic (exact) mass is 184 g/mol. The summed E-state index contributed by atoms with van der Waals surface area (Å²) in [4.78, 5) is 21.9. The third-order valence-corrected chi connectivity index (χ3v) is 2.32. The van der Waals surface area contributed by atoms with Gasteiger partial charge in [-0.3, -0.25) is 9.59 Å². The van der Waals surface area contributed by atoms with E-state index in [0.717, 1.165) is 5.57 Å². The van der Waals surface area contributed by atoms with E-state index in [2.05, 4.69) is 11.3 Å². The molecule has 2 atom stereocenters. The molecule has 0 aromatic heterocycles. The Hall–Kier alpha value is -1.32. The molecule has 0 spiro atoms. The third kappa shape index (κ3) is 1.88. The van der Waals surface area contributed by atoms with Crippen molar-refractivity contribution < 1.29 is 19.4 Å². The largest absolute Gasteiger partial charge is 0.481 e. The van der Waals surface area contributed by atoms with E-state index in [0.29, 0.717) is 12.8 Å². The number of methoxy groups -OCH3 is 1. The highest BCUT2D eigenvalue weighted by molar-refractivity contribution is 5.82. The van der Waals surface area contributed by atoms with Crippen molar-refractivity contribution in [1.82, 2.24) is 0 Å². The van der Waals surface area contributed by atoms with Gasteiger partial charge in [0.1, 0.15) is 0 Å². The van der Waals surface area contributed by atoms with Crippen LogP contribution in [0.4, 0.5) is 0 Å². The van der Waals surface area contributed by atoms with Crippen molar-refractivity contribution >= 4 is 11.9 Å². The molecule has 0 radical (unpaired) electrons. The molecule has 0 saturated heterocycles. The molecule has 0 heterocycles. The van der Waals surface area contributed by atoms with Crippen LogP contribution >= 0.6 is 0 Å². The van der Waals surface area contributed by atoms with Crippen LogP contribution in [0.2, 0.25) is 0 Å². The van der Waals surface area contributed by atoms with Gasteiger partial charge in [0.05, 0.1) is 18.9 Å². The van der Waals surface area contributed by atoms with E-state index < -0.39 is 23.8 Å². The Labute approximate surface area is 76.2 Å². The molecule has 4 heteroatoms. The lowest BCUT2D eigenvalue weighted by Gasteiger charge is -2.11. The fourth-order valence-electron chi connectivity index (χ4n) is 1.65. The van der Waals surface area contributed by atoms with Crippen LogP contribution < -0.4 is 0 Å². The van der Waals surface area contributed by atoms with E-state index >= 15 is 0 Å². The number of hydrogen-bond donors (Lipinski definition) is 1. The van der Waals surface area contributed by atoms with Crippen LogP contribution in [0.5, 0.6) is 0 Å². The second kappa shape index (κ2) is 3.60. The topological polar surface area (TPSA) is 63.6 Å². The fraction of sp³-hybridized carbons (Fsp3) is 0.556. The van der Waals surface area contributed by atoms with E-state index in [9.17, 15) is 9.59 Å². The van der Waals surface area contributed by atoms with Gasteiger partial charge in [-0.15, -0.1) is 0 Å². The van der Waals surface area contributed by atoms with Crippen LogP contribution in [-0.2, 0) is 14.3 Å². The van der Waals surface area contributed by atoms with Crippen molar-refractivity contribution in [3.63, 3.8) is 0 Å². The first-order chi connectivity index (χ1) is 6.06. The molecule has 1 saturated carbocycles. The van der Waals surface area contributed by atoms with E-state index in [1.54, 1.807) is 0 Å². The zero-order valence-corrected chi connectivity index (χ0v) is 7.45. The fourth-order valence-corrected chi connectivity index (χ4v) is 1.65. The van der Waals surface area contributed by atoms with Gasteiger partial charge in [-0.25, -0.2) is 0 Å². The quantitative estimate of drug-likeness (QED) is 0.510. The van der Waals surface area contributed by atoms with E-state index in [-0.39, 0.29) is 0 Å². The lowest BCUT2D eigenvalue weighted by Crippen LogP contribution is -2.26. The van der Waals surface area contributed by atoms with Crippen LogP contribution in [0.1, 0.15) is 12.8 Å². The van der Waals surface area contributed by atoms with Gasteiger partial charge in [-0.1, -0.05) is 12.2 Å². The van der Waals surface area contributed by atoms with Crippen molar-refractivity contribution in [2.24, 2.45) is 11.8 Å². The lowest BCUT2D eigenvalue weighted by molar-refractivity contribution is -0.154. The average molecular weight is 184 g/mol. The minimum Gasteiger partial charge on any atom is -0.481 e. The highest BCUT2D eigenvalue weighted by Crippen LogP contribution is 2.35. The molecule has 0 aromatic carbocycles. The predicted molar refractivity (Wildman–Crippen MR) is 45.0 cm³/mol. The molecule has 0 bridgehead atoms. The molecule has 0 aromatic rings. The normalized spacial score (nSPS) is 27.3.